The van der Waals surface area contributed by atoms with Gasteiger partial charge >= 0.3 is 0 Å². The number of benzene rings is 1. The largest absolute Gasteiger partial charge is 0.383 e. The van der Waals surface area contributed by atoms with Crippen LogP contribution in [0.15, 0.2) is 18.2 Å². The van der Waals surface area contributed by atoms with E-state index in [1.54, 1.807) is 14.0 Å². The van der Waals surface area contributed by atoms with E-state index in [4.69, 9.17) is 4.74 Å². The molecule has 0 saturated heterocycles. The van der Waals surface area contributed by atoms with Crippen molar-refractivity contribution in [1.29, 1.82) is 0 Å². The lowest BCUT2D eigenvalue weighted by Crippen LogP contribution is -2.35. The van der Waals surface area contributed by atoms with E-state index >= 15 is 0 Å². The van der Waals surface area contributed by atoms with Gasteiger partial charge in [-0.2, -0.15) is 0 Å². The molecule has 0 aliphatic rings. The minimum Gasteiger partial charge on any atom is -0.383 e. The Morgan fingerprint density at radius 3 is 2.81 bits per heavy atom. The zero-order valence-electron chi connectivity index (χ0n) is 9.71. The second kappa shape index (κ2) is 5.61. The van der Waals surface area contributed by atoms with E-state index in [0.29, 0.717) is 17.7 Å². The number of amides is 1. The van der Waals surface area contributed by atoms with Gasteiger partial charge in [0.1, 0.15) is 5.82 Å². The summed E-state index contributed by atoms with van der Waals surface area (Å²) < 4.78 is 17.8. The van der Waals surface area contributed by atoms with Crippen molar-refractivity contribution in [3.05, 3.63) is 35.1 Å². The summed E-state index contributed by atoms with van der Waals surface area (Å²) in [5, 5.41) is 2.77. The molecule has 4 heteroatoms. The molecular formula is C12H16FNO2. The summed E-state index contributed by atoms with van der Waals surface area (Å²) >= 11 is 0. The van der Waals surface area contributed by atoms with Crippen LogP contribution in [0.3, 0.4) is 0 Å². The van der Waals surface area contributed by atoms with Crippen molar-refractivity contribution in [2.75, 3.05) is 13.7 Å². The number of aryl methyl sites for hydroxylation is 1. The molecule has 1 atom stereocenters. The van der Waals surface area contributed by atoms with Crippen LogP contribution in [-0.4, -0.2) is 25.7 Å². The third-order valence-electron chi connectivity index (χ3n) is 2.23. The highest BCUT2D eigenvalue weighted by atomic mass is 19.1. The van der Waals surface area contributed by atoms with Gasteiger partial charge in [0.25, 0.3) is 5.91 Å². The maximum atomic E-state index is 12.8. The first-order valence-corrected chi connectivity index (χ1v) is 5.10. The van der Waals surface area contributed by atoms with E-state index in [1.165, 1.54) is 18.2 Å². The summed E-state index contributed by atoms with van der Waals surface area (Å²) in [5.41, 5.74) is 1.12. The standard InChI is InChI=1S/C12H16FNO2/c1-8-6-10(13)4-5-11(8)12(15)14-9(2)7-16-3/h4-6,9H,7H2,1-3H3,(H,14,15). The van der Waals surface area contributed by atoms with Crippen LogP contribution in [-0.2, 0) is 4.74 Å². The van der Waals surface area contributed by atoms with Crippen LogP contribution in [0.5, 0.6) is 0 Å². The van der Waals surface area contributed by atoms with Crippen LogP contribution in [0.4, 0.5) is 4.39 Å². The molecule has 0 heterocycles. The third-order valence-corrected chi connectivity index (χ3v) is 2.23. The second-order valence-electron chi connectivity index (χ2n) is 3.79. The Labute approximate surface area is 94.6 Å². The molecule has 0 fully saturated rings. The van der Waals surface area contributed by atoms with E-state index in [-0.39, 0.29) is 17.8 Å². The summed E-state index contributed by atoms with van der Waals surface area (Å²) in [7, 11) is 1.58. The average Bonchev–Trinajstić information content (AvgIpc) is 2.17. The molecule has 1 aromatic carbocycles. The summed E-state index contributed by atoms with van der Waals surface area (Å²) in [4.78, 5) is 11.8. The number of hydrogen-bond donors (Lipinski definition) is 1. The molecule has 1 N–H and O–H groups in total. The number of halogens is 1. The highest BCUT2D eigenvalue weighted by molar-refractivity contribution is 5.95. The zero-order chi connectivity index (χ0) is 12.1. The van der Waals surface area contributed by atoms with Crippen molar-refractivity contribution in [2.24, 2.45) is 0 Å². The average molecular weight is 225 g/mol. The van der Waals surface area contributed by atoms with Crippen LogP contribution >= 0.6 is 0 Å². The Balaban J connectivity index is 2.73. The smallest absolute Gasteiger partial charge is 0.251 e. The fraction of sp³-hybridized carbons (Fsp3) is 0.417. The van der Waals surface area contributed by atoms with Gasteiger partial charge in [0.05, 0.1) is 6.61 Å². The summed E-state index contributed by atoms with van der Waals surface area (Å²) in [6, 6.07) is 4.04. The van der Waals surface area contributed by atoms with E-state index in [1.807, 2.05) is 6.92 Å². The van der Waals surface area contributed by atoms with E-state index in [2.05, 4.69) is 5.32 Å². The van der Waals surface area contributed by atoms with Crippen molar-refractivity contribution in [3.8, 4) is 0 Å². The Morgan fingerprint density at radius 2 is 2.25 bits per heavy atom. The van der Waals surface area contributed by atoms with Gasteiger partial charge in [-0.3, -0.25) is 4.79 Å². The predicted molar refractivity (Wildman–Crippen MR) is 59.9 cm³/mol. The summed E-state index contributed by atoms with van der Waals surface area (Å²) in [6.45, 7) is 4.01. The molecule has 1 amide bonds. The number of carbonyl (C=O) groups is 1. The highest BCUT2D eigenvalue weighted by Crippen LogP contribution is 2.10. The first-order chi connectivity index (χ1) is 7.54. The number of carbonyl (C=O) groups excluding carboxylic acids is 1. The maximum Gasteiger partial charge on any atom is 0.251 e. The molecule has 1 aromatic rings. The molecule has 3 nitrogen and oxygen atoms in total. The van der Waals surface area contributed by atoms with Crippen molar-refractivity contribution in [1.82, 2.24) is 5.32 Å². The molecule has 0 spiro atoms. The van der Waals surface area contributed by atoms with Gasteiger partial charge in [0.2, 0.25) is 0 Å². The lowest BCUT2D eigenvalue weighted by Gasteiger charge is -2.13. The minimum absolute atomic E-state index is 0.0676. The normalized spacial score (nSPS) is 12.2. The molecule has 88 valence electrons. The second-order valence-corrected chi connectivity index (χ2v) is 3.79. The topological polar surface area (TPSA) is 38.3 Å². The quantitative estimate of drug-likeness (QED) is 0.850. The Hall–Kier alpha value is -1.42. The molecule has 0 aliphatic carbocycles. The van der Waals surface area contributed by atoms with Crippen molar-refractivity contribution < 1.29 is 13.9 Å². The minimum atomic E-state index is -0.334. The van der Waals surface area contributed by atoms with Gasteiger partial charge < -0.3 is 10.1 Å². The molecule has 0 saturated carbocycles. The molecule has 0 radical (unpaired) electrons. The predicted octanol–water partition coefficient (Wildman–Crippen LogP) is 1.90. The number of nitrogens with one attached hydrogen (secondary N) is 1. The van der Waals surface area contributed by atoms with E-state index in [9.17, 15) is 9.18 Å². The van der Waals surface area contributed by atoms with Crippen molar-refractivity contribution in [2.45, 2.75) is 19.9 Å². The Bertz CT molecular complexity index is 379. The number of rotatable bonds is 4. The Morgan fingerprint density at radius 1 is 1.56 bits per heavy atom. The lowest BCUT2D eigenvalue weighted by molar-refractivity contribution is 0.0905. The van der Waals surface area contributed by atoms with Crippen LogP contribution < -0.4 is 5.32 Å². The maximum absolute atomic E-state index is 12.8. The molecule has 0 aliphatic heterocycles. The van der Waals surface area contributed by atoms with Crippen LogP contribution in [0.1, 0.15) is 22.8 Å². The lowest BCUT2D eigenvalue weighted by atomic mass is 10.1. The van der Waals surface area contributed by atoms with Gasteiger partial charge in [-0.25, -0.2) is 4.39 Å². The van der Waals surface area contributed by atoms with Gasteiger partial charge in [0.15, 0.2) is 0 Å². The SMILES string of the molecule is COCC(C)NC(=O)c1ccc(F)cc1C. The fourth-order valence-electron chi connectivity index (χ4n) is 1.48. The zero-order valence-corrected chi connectivity index (χ0v) is 9.71. The monoisotopic (exact) mass is 225 g/mol. The van der Waals surface area contributed by atoms with Gasteiger partial charge in [-0.15, -0.1) is 0 Å². The fourth-order valence-corrected chi connectivity index (χ4v) is 1.48. The summed E-state index contributed by atoms with van der Waals surface area (Å²) in [6.07, 6.45) is 0. The molecule has 16 heavy (non-hydrogen) atoms. The van der Waals surface area contributed by atoms with Gasteiger partial charge in [-0.05, 0) is 37.6 Å². The Kier molecular flexibility index (Phi) is 4.43. The molecular weight excluding hydrogens is 209 g/mol. The molecule has 0 aromatic heterocycles. The molecule has 1 unspecified atom stereocenters. The van der Waals surface area contributed by atoms with E-state index in [0.717, 1.165) is 0 Å². The highest BCUT2D eigenvalue weighted by Gasteiger charge is 2.12. The van der Waals surface area contributed by atoms with Gasteiger partial charge in [-0.1, -0.05) is 0 Å². The third kappa shape index (κ3) is 3.31. The first kappa shape index (κ1) is 12.6. The number of ether oxygens (including phenoxy) is 1. The molecule has 0 bridgehead atoms. The number of hydrogen-bond acceptors (Lipinski definition) is 2. The number of methoxy groups -OCH3 is 1. The van der Waals surface area contributed by atoms with E-state index < -0.39 is 0 Å². The van der Waals surface area contributed by atoms with Gasteiger partial charge in [0, 0.05) is 18.7 Å². The first-order valence-electron chi connectivity index (χ1n) is 5.10. The van der Waals surface area contributed by atoms with Crippen LogP contribution in [0.2, 0.25) is 0 Å². The summed E-state index contributed by atoms with van der Waals surface area (Å²) in [5.74, 6) is -0.541. The van der Waals surface area contributed by atoms with Crippen LogP contribution in [0, 0.1) is 12.7 Å². The molecule has 1 rings (SSSR count). The van der Waals surface area contributed by atoms with Crippen LogP contribution in [0.25, 0.3) is 0 Å². The van der Waals surface area contributed by atoms with Crippen molar-refractivity contribution in [3.63, 3.8) is 0 Å². The van der Waals surface area contributed by atoms with Crippen molar-refractivity contribution >= 4 is 5.91 Å².